The maximum absolute atomic E-state index is 13.5. The van der Waals surface area contributed by atoms with E-state index in [9.17, 15) is 14.0 Å². The van der Waals surface area contributed by atoms with Crippen molar-refractivity contribution in [1.29, 1.82) is 0 Å². The van der Waals surface area contributed by atoms with Gasteiger partial charge in [-0.3, -0.25) is 14.5 Å². The van der Waals surface area contributed by atoms with Crippen LogP contribution < -0.4 is 5.73 Å². The van der Waals surface area contributed by atoms with Crippen LogP contribution in [0.15, 0.2) is 24.3 Å². The van der Waals surface area contributed by atoms with Gasteiger partial charge in [-0.2, -0.15) is 0 Å². The Morgan fingerprint density at radius 3 is 2.64 bits per heavy atom. The van der Waals surface area contributed by atoms with E-state index in [1.54, 1.807) is 23.1 Å². The Hall–Kier alpha value is -1.95. The van der Waals surface area contributed by atoms with Gasteiger partial charge in [0, 0.05) is 32.6 Å². The first kappa shape index (κ1) is 16.4. The molecule has 1 aromatic carbocycles. The fraction of sp³-hybridized carbons (Fsp3) is 0.500. The number of nitrogens with zero attached hydrogens (tertiary/aromatic N) is 2. The third-order valence-electron chi connectivity index (χ3n) is 3.89. The van der Waals surface area contributed by atoms with Crippen LogP contribution in [0, 0.1) is 5.82 Å². The molecular formula is C16H22FN3O2. The first-order valence-electron chi connectivity index (χ1n) is 7.58. The first-order chi connectivity index (χ1) is 10.6. The Bertz CT molecular complexity index is 536. The van der Waals surface area contributed by atoms with Gasteiger partial charge in [0.05, 0.1) is 6.54 Å². The summed E-state index contributed by atoms with van der Waals surface area (Å²) in [6, 6.07) is 6.53. The fourth-order valence-corrected chi connectivity index (χ4v) is 2.70. The molecule has 1 aliphatic rings. The first-order valence-corrected chi connectivity index (χ1v) is 7.58. The Morgan fingerprint density at radius 2 is 1.91 bits per heavy atom. The number of hydrogen-bond donors (Lipinski definition) is 1. The summed E-state index contributed by atoms with van der Waals surface area (Å²) in [6.45, 7) is 2.90. The molecule has 0 aromatic heterocycles. The van der Waals surface area contributed by atoms with Gasteiger partial charge in [0.1, 0.15) is 5.82 Å². The molecule has 1 aromatic rings. The van der Waals surface area contributed by atoms with Crippen LogP contribution in [0.5, 0.6) is 0 Å². The van der Waals surface area contributed by atoms with E-state index in [0.29, 0.717) is 38.0 Å². The molecule has 0 bridgehead atoms. The highest BCUT2D eigenvalue weighted by Crippen LogP contribution is 2.11. The topological polar surface area (TPSA) is 66.6 Å². The van der Waals surface area contributed by atoms with Crippen LogP contribution in [0.25, 0.3) is 0 Å². The van der Waals surface area contributed by atoms with Crippen molar-refractivity contribution >= 4 is 11.8 Å². The van der Waals surface area contributed by atoms with Gasteiger partial charge in [0.25, 0.3) is 0 Å². The van der Waals surface area contributed by atoms with E-state index in [1.807, 2.05) is 4.90 Å². The molecule has 22 heavy (non-hydrogen) atoms. The summed E-state index contributed by atoms with van der Waals surface area (Å²) >= 11 is 0. The Balaban J connectivity index is 1.83. The summed E-state index contributed by atoms with van der Waals surface area (Å²) in [5.41, 5.74) is 5.77. The molecule has 0 radical (unpaired) electrons. The van der Waals surface area contributed by atoms with Crippen LogP contribution in [0.2, 0.25) is 0 Å². The zero-order valence-corrected chi connectivity index (χ0v) is 12.6. The fourth-order valence-electron chi connectivity index (χ4n) is 2.70. The lowest BCUT2D eigenvalue weighted by Gasteiger charge is -2.21. The average Bonchev–Trinajstić information content (AvgIpc) is 2.71. The number of hydrogen-bond acceptors (Lipinski definition) is 3. The second-order valence-electron chi connectivity index (χ2n) is 5.57. The molecule has 1 fully saturated rings. The van der Waals surface area contributed by atoms with E-state index in [0.717, 1.165) is 13.0 Å². The largest absolute Gasteiger partial charge is 0.369 e. The minimum Gasteiger partial charge on any atom is -0.369 e. The molecule has 0 unspecified atom stereocenters. The van der Waals surface area contributed by atoms with Crippen LogP contribution in [-0.2, 0) is 16.0 Å². The van der Waals surface area contributed by atoms with Crippen LogP contribution >= 0.6 is 0 Å². The minimum atomic E-state index is -0.348. The molecule has 0 spiro atoms. The van der Waals surface area contributed by atoms with Crippen LogP contribution in [-0.4, -0.2) is 54.3 Å². The van der Waals surface area contributed by atoms with Crippen molar-refractivity contribution in [2.75, 3.05) is 32.7 Å². The molecule has 5 nitrogen and oxygen atoms in total. The van der Waals surface area contributed by atoms with Crippen molar-refractivity contribution in [1.82, 2.24) is 9.80 Å². The van der Waals surface area contributed by atoms with Crippen LogP contribution in [0.3, 0.4) is 0 Å². The lowest BCUT2D eigenvalue weighted by molar-refractivity contribution is -0.131. The zero-order valence-electron chi connectivity index (χ0n) is 12.6. The average molecular weight is 307 g/mol. The van der Waals surface area contributed by atoms with Gasteiger partial charge in [0.15, 0.2) is 0 Å². The van der Waals surface area contributed by atoms with Gasteiger partial charge >= 0.3 is 0 Å². The maximum Gasteiger partial charge on any atom is 0.231 e. The maximum atomic E-state index is 13.5. The Morgan fingerprint density at radius 1 is 1.14 bits per heavy atom. The Labute approximate surface area is 129 Å². The van der Waals surface area contributed by atoms with E-state index in [4.69, 9.17) is 5.73 Å². The third-order valence-corrected chi connectivity index (χ3v) is 3.89. The van der Waals surface area contributed by atoms with Crippen LogP contribution in [0.1, 0.15) is 18.4 Å². The highest BCUT2D eigenvalue weighted by atomic mass is 19.1. The number of carbonyl (C=O) groups excluding carboxylic acids is 2. The standard InChI is InChI=1S/C16H22FN3O2/c17-14-5-2-1-4-13(14)6-7-16(22)20-9-3-8-19(10-11-20)12-15(18)21/h1-2,4-5H,3,6-12H2,(H2,18,21). The molecule has 1 saturated heterocycles. The number of rotatable bonds is 5. The van der Waals surface area contributed by atoms with Gasteiger partial charge in [-0.1, -0.05) is 18.2 Å². The summed E-state index contributed by atoms with van der Waals surface area (Å²) in [4.78, 5) is 27.0. The van der Waals surface area contributed by atoms with Crippen molar-refractivity contribution in [2.24, 2.45) is 5.73 Å². The molecule has 1 aliphatic heterocycles. The highest BCUT2D eigenvalue weighted by Gasteiger charge is 2.19. The molecular weight excluding hydrogens is 285 g/mol. The molecule has 6 heteroatoms. The second-order valence-corrected chi connectivity index (χ2v) is 5.57. The van der Waals surface area contributed by atoms with Gasteiger partial charge in [0.2, 0.25) is 11.8 Å². The zero-order chi connectivity index (χ0) is 15.9. The van der Waals surface area contributed by atoms with Crippen molar-refractivity contribution in [3.63, 3.8) is 0 Å². The second kappa shape index (κ2) is 7.89. The number of aryl methyl sites for hydroxylation is 1. The summed E-state index contributed by atoms with van der Waals surface area (Å²) < 4.78 is 13.5. The molecule has 120 valence electrons. The van der Waals surface area contributed by atoms with Crippen LogP contribution in [0.4, 0.5) is 4.39 Å². The normalized spacial score (nSPS) is 16.3. The molecule has 0 saturated carbocycles. The monoisotopic (exact) mass is 307 g/mol. The number of halogens is 1. The van der Waals surface area contributed by atoms with Crippen molar-refractivity contribution in [3.05, 3.63) is 35.6 Å². The smallest absolute Gasteiger partial charge is 0.231 e. The quantitative estimate of drug-likeness (QED) is 0.874. The molecule has 2 amide bonds. The molecule has 0 atom stereocenters. The highest BCUT2D eigenvalue weighted by molar-refractivity contribution is 5.77. The minimum absolute atomic E-state index is 0.0316. The van der Waals surface area contributed by atoms with E-state index in [2.05, 4.69) is 0 Å². The van der Waals surface area contributed by atoms with Gasteiger partial charge in [-0.05, 0) is 24.5 Å². The molecule has 2 rings (SSSR count). The lowest BCUT2D eigenvalue weighted by Crippen LogP contribution is -2.38. The summed E-state index contributed by atoms with van der Waals surface area (Å²) in [5, 5.41) is 0. The van der Waals surface area contributed by atoms with Gasteiger partial charge < -0.3 is 10.6 Å². The summed E-state index contributed by atoms with van der Waals surface area (Å²) in [7, 11) is 0. The van der Waals surface area contributed by atoms with Crippen molar-refractivity contribution in [2.45, 2.75) is 19.3 Å². The van der Waals surface area contributed by atoms with Crippen molar-refractivity contribution < 1.29 is 14.0 Å². The number of nitrogens with two attached hydrogens (primary N) is 1. The summed E-state index contributed by atoms with van der Waals surface area (Å²) in [6.07, 6.45) is 1.53. The molecule has 1 heterocycles. The number of carbonyl (C=O) groups is 2. The third kappa shape index (κ3) is 4.80. The van der Waals surface area contributed by atoms with E-state index in [1.165, 1.54) is 6.07 Å². The van der Waals surface area contributed by atoms with E-state index in [-0.39, 0.29) is 24.2 Å². The SMILES string of the molecule is NC(=O)CN1CCCN(C(=O)CCc2ccccc2F)CC1. The predicted molar refractivity (Wildman–Crippen MR) is 81.6 cm³/mol. The molecule has 2 N–H and O–H groups in total. The predicted octanol–water partition coefficient (Wildman–Crippen LogP) is 0.778. The summed E-state index contributed by atoms with van der Waals surface area (Å²) in [5.74, 6) is -0.581. The van der Waals surface area contributed by atoms with E-state index >= 15 is 0 Å². The van der Waals surface area contributed by atoms with Gasteiger partial charge in [-0.25, -0.2) is 4.39 Å². The van der Waals surface area contributed by atoms with Gasteiger partial charge in [-0.15, -0.1) is 0 Å². The number of primary amides is 1. The lowest BCUT2D eigenvalue weighted by atomic mass is 10.1. The number of benzene rings is 1. The van der Waals surface area contributed by atoms with Crippen molar-refractivity contribution in [3.8, 4) is 0 Å². The van der Waals surface area contributed by atoms with E-state index < -0.39 is 0 Å². The molecule has 0 aliphatic carbocycles. The Kier molecular flexibility index (Phi) is 5.89. The number of amides is 2.